The van der Waals surface area contributed by atoms with Gasteiger partial charge in [-0.2, -0.15) is 0 Å². The van der Waals surface area contributed by atoms with E-state index in [-0.39, 0.29) is 23.3 Å². The maximum atomic E-state index is 12.2. The van der Waals surface area contributed by atoms with Crippen molar-refractivity contribution in [2.45, 2.75) is 130 Å². The predicted octanol–water partition coefficient (Wildman–Crippen LogP) is 6.80. The number of fused-ring (bicyclic) bond motifs is 4. The standard InChI is InChI=1S/C31H50O4/c1-18(25(34-19(2)32)17-30(7)27(3,4)35-30)22-9-10-23-21-15-26(33-8)31-16-20(31)11-14-29(31,6)24(21)12-13-28(22,23)5/h18,20-26H,9-17H2,1-8H3/t18-,20+,21-,22+,23-,24-,25-,26+,28+,29+,30+,31-/m0/s1. The number of carbonyl (C=O) groups is 1. The monoisotopic (exact) mass is 486 g/mol. The highest BCUT2D eigenvalue weighted by Crippen LogP contribution is 2.82. The van der Waals surface area contributed by atoms with Crippen LogP contribution in [-0.2, 0) is 19.0 Å². The van der Waals surface area contributed by atoms with Crippen molar-refractivity contribution in [2.24, 2.45) is 51.8 Å². The summed E-state index contributed by atoms with van der Waals surface area (Å²) < 4.78 is 18.5. The molecule has 0 amide bonds. The average Bonchev–Trinajstić information content (AvgIpc) is 3.50. The van der Waals surface area contributed by atoms with Gasteiger partial charge in [0, 0.05) is 25.9 Å². The summed E-state index contributed by atoms with van der Waals surface area (Å²) in [7, 11) is 1.99. The molecule has 6 aliphatic rings. The van der Waals surface area contributed by atoms with Crippen LogP contribution in [0.4, 0.5) is 0 Å². The highest BCUT2D eigenvalue weighted by atomic mass is 16.6. The highest BCUT2D eigenvalue weighted by molar-refractivity contribution is 5.66. The molecule has 0 aromatic carbocycles. The van der Waals surface area contributed by atoms with Crippen LogP contribution in [0.15, 0.2) is 0 Å². The Morgan fingerprint density at radius 1 is 1.03 bits per heavy atom. The molecule has 4 heteroatoms. The summed E-state index contributed by atoms with van der Waals surface area (Å²) in [4.78, 5) is 12.2. The van der Waals surface area contributed by atoms with Crippen molar-refractivity contribution in [3.8, 4) is 0 Å². The fourth-order valence-corrected chi connectivity index (χ4v) is 11.5. The minimum Gasteiger partial charge on any atom is -0.462 e. The van der Waals surface area contributed by atoms with E-state index in [4.69, 9.17) is 14.2 Å². The number of methoxy groups -OCH3 is 1. The topological polar surface area (TPSA) is 48.1 Å². The first-order valence-electron chi connectivity index (χ1n) is 14.7. The number of esters is 1. The zero-order valence-corrected chi connectivity index (χ0v) is 23.6. The van der Waals surface area contributed by atoms with Gasteiger partial charge >= 0.3 is 5.97 Å². The molecule has 1 spiro atoms. The van der Waals surface area contributed by atoms with Crippen molar-refractivity contribution in [3.05, 3.63) is 0 Å². The van der Waals surface area contributed by atoms with Gasteiger partial charge in [-0.3, -0.25) is 4.79 Å². The number of ether oxygens (including phenoxy) is 3. The van der Waals surface area contributed by atoms with E-state index in [2.05, 4.69) is 41.5 Å². The van der Waals surface area contributed by atoms with Crippen LogP contribution in [-0.4, -0.2) is 36.5 Å². The van der Waals surface area contributed by atoms with E-state index < -0.39 is 0 Å². The Hall–Kier alpha value is -0.610. The normalized spacial score (nSPS) is 54.6. The Morgan fingerprint density at radius 3 is 2.34 bits per heavy atom. The molecule has 198 valence electrons. The van der Waals surface area contributed by atoms with E-state index in [9.17, 15) is 4.79 Å². The molecule has 0 N–H and O–H groups in total. The molecule has 12 atom stereocenters. The van der Waals surface area contributed by atoms with Crippen LogP contribution in [0, 0.1) is 51.8 Å². The van der Waals surface area contributed by atoms with E-state index in [0.29, 0.717) is 34.2 Å². The summed E-state index contributed by atoms with van der Waals surface area (Å²) in [5.74, 6) is 4.18. The largest absolute Gasteiger partial charge is 0.462 e. The van der Waals surface area contributed by atoms with Gasteiger partial charge in [-0.1, -0.05) is 20.8 Å². The van der Waals surface area contributed by atoms with Gasteiger partial charge in [-0.15, -0.1) is 0 Å². The Bertz CT molecular complexity index is 898. The van der Waals surface area contributed by atoms with Crippen LogP contribution >= 0.6 is 0 Å². The number of carbonyl (C=O) groups excluding carboxylic acids is 1. The predicted molar refractivity (Wildman–Crippen MR) is 137 cm³/mol. The number of rotatable bonds is 6. The van der Waals surface area contributed by atoms with Gasteiger partial charge < -0.3 is 14.2 Å². The molecule has 6 rings (SSSR count). The van der Waals surface area contributed by atoms with Gasteiger partial charge in [0.25, 0.3) is 0 Å². The van der Waals surface area contributed by atoms with Gasteiger partial charge in [0.2, 0.25) is 0 Å². The second-order valence-corrected chi connectivity index (χ2v) is 15.0. The molecule has 35 heavy (non-hydrogen) atoms. The Morgan fingerprint density at radius 2 is 1.74 bits per heavy atom. The van der Waals surface area contributed by atoms with Gasteiger partial charge in [0.1, 0.15) is 6.10 Å². The highest BCUT2D eigenvalue weighted by Gasteiger charge is 2.77. The van der Waals surface area contributed by atoms with Gasteiger partial charge in [-0.25, -0.2) is 0 Å². The quantitative estimate of drug-likeness (QED) is 0.306. The van der Waals surface area contributed by atoms with Gasteiger partial charge in [0.05, 0.1) is 17.3 Å². The first-order chi connectivity index (χ1) is 16.3. The van der Waals surface area contributed by atoms with E-state index in [1.54, 1.807) is 6.92 Å². The van der Waals surface area contributed by atoms with Crippen molar-refractivity contribution in [3.63, 3.8) is 0 Å². The number of epoxide rings is 1. The fraction of sp³-hybridized carbons (Fsp3) is 0.968. The first kappa shape index (κ1) is 24.7. The lowest BCUT2D eigenvalue weighted by atomic mass is 9.45. The molecule has 5 aliphatic carbocycles. The third kappa shape index (κ3) is 3.14. The second kappa shape index (κ2) is 7.49. The average molecular weight is 487 g/mol. The molecule has 1 heterocycles. The first-order valence-corrected chi connectivity index (χ1v) is 14.7. The van der Waals surface area contributed by atoms with Crippen LogP contribution in [0.25, 0.3) is 0 Å². The molecule has 4 nitrogen and oxygen atoms in total. The van der Waals surface area contributed by atoms with Crippen molar-refractivity contribution in [1.82, 2.24) is 0 Å². The minimum atomic E-state index is -0.195. The summed E-state index contributed by atoms with van der Waals surface area (Å²) in [6, 6.07) is 0. The van der Waals surface area contributed by atoms with Crippen molar-refractivity contribution < 1.29 is 19.0 Å². The molecule has 1 aliphatic heterocycles. The Labute approximate surface area is 213 Å². The zero-order chi connectivity index (χ0) is 25.2. The van der Waals surface area contributed by atoms with Gasteiger partial charge in [-0.05, 0) is 118 Å². The van der Waals surface area contributed by atoms with Gasteiger partial charge in [0.15, 0.2) is 0 Å². The minimum absolute atomic E-state index is 0.0708. The summed E-state index contributed by atoms with van der Waals surface area (Å²) in [6.45, 7) is 15.7. The van der Waals surface area contributed by atoms with Crippen molar-refractivity contribution in [2.75, 3.05) is 7.11 Å². The lowest BCUT2D eigenvalue weighted by molar-refractivity contribution is -0.166. The number of hydrogen-bond acceptors (Lipinski definition) is 4. The summed E-state index contributed by atoms with van der Waals surface area (Å²) in [5, 5.41) is 0. The number of hydrogen-bond donors (Lipinski definition) is 0. The molecule has 0 aromatic heterocycles. The molecule has 6 fully saturated rings. The Kier molecular flexibility index (Phi) is 5.29. The summed E-state index contributed by atoms with van der Waals surface area (Å²) in [6.07, 6.45) is 12.1. The molecular weight excluding hydrogens is 436 g/mol. The third-order valence-electron chi connectivity index (χ3n) is 13.7. The Balaban J connectivity index is 1.25. The fourth-order valence-electron chi connectivity index (χ4n) is 11.5. The van der Waals surface area contributed by atoms with E-state index in [0.717, 1.165) is 30.1 Å². The van der Waals surface area contributed by atoms with Crippen LogP contribution < -0.4 is 0 Å². The van der Waals surface area contributed by atoms with E-state index in [1.807, 2.05) is 7.11 Å². The molecule has 1 saturated heterocycles. The van der Waals surface area contributed by atoms with Crippen molar-refractivity contribution in [1.29, 1.82) is 0 Å². The lowest BCUT2D eigenvalue weighted by Crippen LogP contribution is -2.57. The SMILES string of the molecule is CO[C@@H]1C[C@H]2[C@@H]3CC[C@H]([C@H](C)[C@H](C[C@@]4(C)OC4(C)C)OC(C)=O)[C@@]3(C)CC[C@@H]2[C@@]2(C)CC[C@@H]3C[C@]312. The molecule has 0 bridgehead atoms. The zero-order valence-electron chi connectivity index (χ0n) is 23.6. The maximum Gasteiger partial charge on any atom is 0.302 e. The third-order valence-corrected chi connectivity index (χ3v) is 13.7. The van der Waals surface area contributed by atoms with E-state index >= 15 is 0 Å². The summed E-state index contributed by atoms with van der Waals surface area (Å²) in [5.41, 5.74) is 0.987. The van der Waals surface area contributed by atoms with Crippen LogP contribution in [0.1, 0.15) is 106 Å². The van der Waals surface area contributed by atoms with E-state index in [1.165, 1.54) is 51.4 Å². The molecule has 0 unspecified atom stereocenters. The molecule has 5 saturated carbocycles. The van der Waals surface area contributed by atoms with Crippen molar-refractivity contribution >= 4 is 5.97 Å². The summed E-state index contributed by atoms with van der Waals surface area (Å²) >= 11 is 0. The molecular formula is C31H50O4. The molecule has 0 aromatic rings. The van der Waals surface area contributed by atoms with Crippen LogP contribution in [0.5, 0.6) is 0 Å². The molecule has 0 radical (unpaired) electrons. The second-order valence-electron chi connectivity index (χ2n) is 15.0. The van der Waals surface area contributed by atoms with Crippen LogP contribution in [0.3, 0.4) is 0 Å². The maximum absolute atomic E-state index is 12.2. The van der Waals surface area contributed by atoms with Crippen LogP contribution in [0.2, 0.25) is 0 Å². The smallest absolute Gasteiger partial charge is 0.302 e. The lowest BCUT2D eigenvalue weighted by Gasteiger charge is -2.61.